The van der Waals surface area contributed by atoms with Crippen LogP contribution in [0.1, 0.15) is 47.2 Å². The van der Waals surface area contributed by atoms with Crippen molar-refractivity contribution < 1.29 is 0 Å². The van der Waals surface area contributed by atoms with E-state index in [1.54, 1.807) is 0 Å². The third-order valence-electron chi connectivity index (χ3n) is 18.9. The van der Waals surface area contributed by atoms with Crippen molar-refractivity contribution in [2.75, 3.05) is 0 Å². The summed E-state index contributed by atoms with van der Waals surface area (Å²) < 4.78 is 0. The molecule has 92 heavy (non-hydrogen) atoms. The van der Waals surface area contributed by atoms with Crippen molar-refractivity contribution in [3.8, 4) is 124 Å². The molecule has 13 aromatic carbocycles. The zero-order chi connectivity index (χ0) is 61.3. The van der Waals surface area contributed by atoms with Gasteiger partial charge in [-0.1, -0.05) is 323 Å². The molecule has 0 saturated carbocycles. The highest BCUT2D eigenvalue weighted by molar-refractivity contribution is 5.99. The van der Waals surface area contributed by atoms with Crippen LogP contribution in [0.15, 0.2) is 315 Å². The van der Waals surface area contributed by atoms with E-state index in [2.05, 4.69) is 305 Å². The molecule has 6 nitrogen and oxygen atoms in total. The summed E-state index contributed by atoms with van der Waals surface area (Å²) in [6.07, 6.45) is 0. The first-order valence-electron chi connectivity index (χ1n) is 31.4. The van der Waals surface area contributed by atoms with Gasteiger partial charge in [0.25, 0.3) is 0 Å². The topological polar surface area (TPSA) is 77.3 Å². The monoisotopic (exact) mass is 1170 g/mol. The molecule has 0 amide bonds. The molecule has 15 aromatic rings. The predicted octanol–water partition coefficient (Wildman–Crippen LogP) is 20.9. The van der Waals surface area contributed by atoms with Gasteiger partial charge in [0, 0.05) is 38.8 Å². The Kier molecular flexibility index (Phi) is 13.0. The maximum atomic E-state index is 5.36. The number of benzene rings is 13. The smallest absolute Gasteiger partial charge is 0.164 e. The number of aromatic nitrogens is 6. The van der Waals surface area contributed by atoms with Crippen molar-refractivity contribution >= 4 is 10.8 Å². The molecule has 6 heteroatoms. The molecule has 0 aliphatic heterocycles. The van der Waals surface area contributed by atoms with E-state index in [4.69, 9.17) is 29.9 Å². The molecule has 0 radical (unpaired) electrons. The van der Waals surface area contributed by atoms with Crippen molar-refractivity contribution in [3.05, 3.63) is 349 Å². The minimum Gasteiger partial charge on any atom is -0.208 e. The van der Waals surface area contributed by atoms with Gasteiger partial charge in [-0.05, 0) is 106 Å². The Morgan fingerprint density at radius 2 is 0.620 bits per heavy atom. The fourth-order valence-corrected chi connectivity index (χ4v) is 14.5. The minimum atomic E-state index is -0.557. The molecule has 2 aliphatic carbocycles. The average Bonchev–Trinajstić information content (AvgIpc) is 1.53. The number of hydrogen-bond acceptors (Lipinski definition) is 6. The van der Waals surface area contributed by atoms with E-state index >= 15 is 0 Å². The first kappa shape index (κ1) is 54.3. The Labute approximate surface area is 535 Å². The van der Waals surface area contributed by atoms with Crippen LogP contribution in [0, 0.1) is 0 Å². The maximum absolute atomic E-state index is 5.36. The van der Waals surface area contributed by atoms with Crippen LogP contribution < -0.4 is 0 Å². The van der Waals surface area contributed by atoms with E-state index in [9.17, 15) is 0 Å². The van der Waals surface area contributed by atoms with Gasteiger partial charge in [-0.25, -0.2) is 29.9 Å². The normalized spacial score (nSPS) is 13.1. The highest BCUT2D eigenvalue weighted by atomic mass is 15.0. The van der Waals surface area contributed by atoms with Crippen LogP contribution in [-0.4, -0.2) is 29.9 Å². The lowest BCUT2D eigenvalue weighted by molar-refractivity contribution is 0.666. The van der Waals surface area contributed by atoms with Crippen LogP contribution in [0.4, 0.5) is 0 Å². The Balaban J connectivity index is 0.691. The summed E-state index contributed by atoms with van der Waals surface area (Å²) in [5, 5.41) is 2.54. The van der Waals surface area contributed by atoms with Crippen molar-refractivity contribution in [2.45, 2.75) is 24.7 Å². The molecular weight excluding hydrogens is 1120 g/mol. The summed E-state index contributed by atoms with van der Waals surface area (Å²) in [6, 6.07) is 112. The van der Waals surface area contributed by atoms with Gasteiger partial charge in [0.05, 0.1) is 5.41 Å². The summed E-state index contributed by atoms with van der Waals surface area (Å²) in [5.41, 5.74) is 23.6. The maximum Gasteiger partial charge on any atom is 0.164 e. The fourth-order valence-electron chi connectivity index (χ4n) is 14.5. The van der Waals surface area contributed by atoms with Gasteiger partial charge >= 0.3 is 0 Å². The summed E-state index contributed by atoms with van der Waals surface area (Å²) in [4.78, 5) is 31.7. The SMILES string of the molecule is CC1(C)c2cc(-c3nc(-c4ccc(-c5ccc(-c6ccc(-c7nc(-c8ccccc8)nc(-c8cccc9c8-c8ccccc8C9(c8ccccc8)c8ccccc8)n7)cc6)cc5)cc4)nc(-c4ccccc4-c4ccccc4)n3)ccc2-c2ccc3ccccc3c21. The van der Waals surface area contributed by atoms with Crippen LogP contribution in [0.2, 0.25) is 0 Å². The van der Waals surface area contributed by atoms with E-state index in [0.717, 1.165) is 72.3 Å². The highest BCUT2D eigenvalue weighted by Gasteiger charge is 2.47. The zero-order valence-electron chi connectivity index (χ0n) is 50.7. The van der Waals surface area contributed by atoms with Crippen molar-refractivity contribution in [1.82, 2.24) is 29.9 Å². The van der Waals surface area contributed by atoms with E-state index in [0.29, 0.717) is 34.9 Å². The van der Waals surface area contributed by atoms with E-state index < -0.39 is 5.41 Å². The lowest BCUT2D eigenvalue weighted by Crippen LogP contribution is -2.28. The lowest BCUT2D eigenvalue weighted by Gasteiger charge is -2.33. The number of rotatable bonds is 11. The molecule has 2 aliphatic rings. The van der Waals surface area contributed by atoms with Gasteiger partial charge in [-0.3, -0.25) is 0 Å². The van der Waals surface area contributed by atoms with Crippen LogP contribution >= 0.6 is 0 Å². The molecule has 17 rings (SSSR count). The summed E-state index contributed by atoms with van der Waals surface area (Å²) in [7, 11) is 0. The van der Waals surface area contributed by atoms with Crippen LogP contribution in [0.5, 0.6) is 0 Å². The summed E-state index contributed by atoms with van der Waals surface area (Å²) in [5.74, 6) is 3.71. The van der Waals surface area contributed by atoms with Crippen molar-refractivity contribution in [3.63, 3.8) is 0 Å². The number of hydrogen-bond donors (Lipinski definition) is 0. The first-order valence-corrected chi connectivity index (χ1v) is 31.4. The molecule has 432 valence electrons. The zero-order valence-corrected chi connectivity index (χ0v) is 50.7. The molecular formula is C86H58N6. The first-order chi connectivity index (χ1) is 45.3. The minimum absolute atomic E-state index is 0.241. The Hall–Kier alpha value is -11.9. The van der Waals surface area contributed by atoms with E-state index in [1.165, 1.54) is 60.8 Å². The van der Waals surface area contributed by atoms with Crippen LogP contribution in [-0.2, 0) is 10.8 Å². The van der Waals surface area contributed by atoms with Gasteiger partial charge in [0.2, 0.25) is 0 Å². The number of nitrogens with zero attached hydrogens (tertiary/aromatic N) is 6. The van der Waals surface area contributed by atoms with Gasteiger partial charge < -0.3 is 0 Å². The Bertz CT molecular complexity index is 5280. The second-order valence-corrected chi connectivity index (χ2v) is 24.5. The van der Waals surface area contributed by atoms with Gasteiger partial charge in [0.15, 0.2) is 34.9 Å². The molecule has 0 unspecified atom stereocenters. The molecule has 0 fully saturated rings. The van der Waals surface area contributed by atoms with Gasteiger partial charge in [-0.15, -0.1) is 0 Å². The van der Waals surface area contributed by atoms with Crippen LogP contribution in [0.25, 0.3) is 135 Å². The standard InChI is InChI=1S/C86H58N6/c1-85(2)76-54-64(51-52-69(76)70-53-50-60-24-15-16-32-68(60)78(70)85)82-88-81(89-83(92-82)71-33-18-17-31-67(71)59-22-7-3-8-23-59)63-48-44-58(45-49-63)56-40-38-55(39-41-56)57-42-46-62(47-43-57)80-87-79(61-25-9-4-10-26-61)90-84(91-80)73-35-21-37-75-77(73)72-34-19-20-36-74(72)86(75,65-27-11-5-12-28-65)66-29-13-6-14-30-66/h3-54H,1-2H3. The quantitative estimate of drug-likeness (QED) is 0.128. The van der Waals surface area contributed by atoms with Crippen LogP contribution in [0.3, 0.4) is 0 Å². The van der Waals surface area contributed by atoms with Crippen molar-refractivity contribution in [2.24, 2.45) is 0 Å². The third-order valence-corrected chi connectivity index (χ3v) is 18.9. The molecule has 0 bridgehead atoms. The molecule has 0 N–H and O–H groups in total. The predicted molar refractivity (Wildman–Crippen MR) is 375 cm³/mol. The largest absolute Gasteiger partial charge is 0.208 e. The summed E-state index contributed by atoms with van der Waals surface area (Å²) >= 11 is 0. The van der Waals surface area contributed by atoms with Gasteiger partial charge in [-0.2, -0.15) is 0 Å². The highest BCUT2D eigenvalue weighted by Crippen LogP contribution is 2.58. The Morgan fingerprint density at radius 3 is 1.20 bits per heavy atom. The average molecular weight is 1180 g/mol. The van der Waals surface area contributed by atoms with Gasteiger partial charge in [0.1, 0.15) is 0 Å². The Morgan fingerprint density at radius 1 is 0.228 bits per heavy atom. The molecule has 2 heterocycles. The second-order valence-electron chi connectivity index (χ2n) is 24.5. The fraction of sp³-hybridized carbons (Fsp3) is 0.0465. The van der Waals surface area contributed by atoms with E-state index in [1.807, 2.05) is 24.3 Å². The summed E-state index contributed by atoms with van der Waals surface area (Å²) in [6.45, 7) is 4.68. The molecule has 2 aromatic heterocycles. The van der Waals surface area contributed by atoms with E-state index in [-0.39, 0.29) is 5.41 Å². The van der Waals surface area contributed by atoms with Crippen molar-refractivity contribution in [1.29, 1.82) is 0 Å². The lowest BCUT2D eigenvalue weighted by atomic mass is 9.67. The molecule has 0 saturated heterocycles. The second kappa shape index (κ2) is 22.0. The molecule has 0 spiro atoms. The third kappa shape index (κ3) is 9.01. The number of fused-ring (bicyclic) bond motifs is 8. The molecule has 0 atom stereocenters.